The predicted molar refractivity (Wildman–Crippen MR) is 64.3 cm³/mol. The quantitative estimate of drug-likeness (QED) is 0.825. The van der Waals surface area contributed by atoms with Crippen molar-refractivity contribution in [1.82, 2.24) is 9.88 Å². The molecule has 2 heterocycles. The molecule has 0 saturated carbocycles. The molecule has 1 amide bonds. The van der Waals surface area contributed by atoms with Gasteiger partial charge in [0.2, 0.25) is 5.91 Å². The summed E-state index contributed by atoms with van der Waals surface area (Å²) in [7, 11) is 0. The predicted octanol–water partition coefficient (Wildman–Crippen LogP) is 0.853. The van der Waals surface area contributed by atoms with Gasteiger partial charge in [-0.15, -0.1) is 0 Å². The van der Waals surface area contributed by atoms with Gasteiger partial charge in [0.1, 0.15) is 0 Å². The molecule has 2 rings (SSSR count). The Balaban J connectivity index is 1.93. The summed E-state index contributed by atoms with van der Waals surface area (Å²) in [5.74, 6) is 0.337. The average Bonchev–Trinajstić information content (AvgIpc) is 2.34. The normalized spacial score (nSPS) is 24.7. The van der Waals surface area contributed by atoms with Gasteiger partial charge in [-0.1, -0.05) is 13.0 Å². The maximum atomic E-state index is 12.0. The van der Waals surface area contributed by atoms with Crippen molar-refractivity contribution < 1.29 is 9.90 Å². The second-order valence-electron chi connectivity index (χ2n) is 4.67. The molecule has 1 aromatic heterocycles. The van der Waals surface area contributed by atoms with Crippen LogP contribution in [0.3, 0.4) is 0 Å². The number of piperidine rings is 1. The van der Waals surface area contributed by atoms with Crippen LogP contribution in [0.15, 0.2) is 24.4 Å². The lowest BCUT2D eigenvalue weighted by molar-refractivity contribution is -0.134. The second kappa shape index (κ2) is 5.27. The Morgan fingerprint density at radius 2 is 2.41 bits per heavy atom. The number of pyridine rings is 1. The van der Waals surface area contributed by atoms with Gasteiger partial charge in [-0.2, -0.15) is 0 Å². The fraction of sp³-hybridized carbons (Fsp3) is 0.538. The molecule has 0 radical (unpaired) electrons. The standard InChI is InChI=1S/C13H18N2O2/c1-10-5-7-15(9-12(10)16)13(17)8-11-4-2-3-6-14-11/h2-4,6,10,12,16H,5,7-9H2,1H3. The first kappa shape index (κ1) is 12.0. The summed E-state index contributed by atoms with van der Waals surface area (Å²) in [4.78, 5) is 17.9. The average molecular weight is 234 g/mol. The highest BCUT2D eigenvalue weighted by Crippen LogP contribution is 2.17. The third-order valence-electron chi connectivity index (χ3n) is 3.33. The van der Waals surface area contributed by atoms with Gasteiger partial charge in [0, 0.05) is 25.0 Å². The van der Waals surface area contributed by atoms with Gasteiger partial charge in [0.15, 0.2) is 0 Å². The number of carbonyl (C=O) groups excluding carboxylic acids is 1. The minimum atomic E-state index is -0.392. The van der Waals surface area contributed by atoms with Crippen molar-refractivity contribution in [3.8, 4) is 0 Å². The summed E-state index contributed by atoms with van der Waals surface area (Å²) in [5.41, 5.74) is 0.783. The van der Waals surface area contributed by atoms with E-state index in [1.165, 1.54) is 0 Å². The molecule has 0 aliphatic carbocycles. The molecule has 2 unspecified atom stereocenters. The molecule has 1 aromatic rings. The zero-order valence-corrected chi connectivity index (χ0v) is 10.0. The van der Waals surface area contributed by atoms with Gasteiger partial charge >= 0.3 is 0 Å². The lowest BCUT2D eigenvalue weighted by Gasteiger charge is -2.34. The summed E-state index contributed by atoms with van der Waals surface area (Å²) in [6.07, 6.45) is 2.49. The molecule has 1 saturated heterocycles. The minimum Gasteiger partial charge on any atom is -0.391 e. The van der Waals surface area contributed by atoms with Crippen molar-refractivity contribution in [2.45, 2.75) is 25.9 Å². The Hall–Kier alpha value is -1.42. The zero-order chi connectivity index (χ0) is 12.3. The van der Waals surface area contributed by atoms with Crippen LogP contribution < -0.4 is 0 Å². The first-order chi connectivity index (χ1) is 8.16. The smallest absolute Gasteiger partial charge is 0.228 e. The van der Waals surface area contributed by atoms with Crippen LogP contribution in [0, 0.1) is 5.92 Å². The van der Waals surface area contributed by atoms with Gasteiger partial charge in [0.25, 0.3) is 0 Å². The van der Waals surface area contributed by atoms with Crippen molar-refractivity contribution in [2.24, 2.45) is 5.92 Å². The summed E-state index contributed by atoms with van der Waals surface area (Å²) < 4.78 is 0. The Kier molecular flexibility index (Phi) is 3.74. The first-order valence-electron chi connectivity index (χ1n) is 6.02. The monoisotopic (exact) mass is 234 g/mol. The molecule has 1 N–H and O–H groups in total. The number of aliphatic hydroxyl groups excluding tert-OH is 1. The van der Waals surface area contributed by atoms with Crippen molar-refractivity contribution in [1.29, 1.82) is 0 Å². The second-order valence-corrected chi connectivity index (χ2v) is 4.67. The van der Waals surface area contributed by atoms with Gasteiger partial charge in [-0.3, -0.25) is 9.78 Å². The van der Waals surface area contributed by atoms with Gasteiger partial charge in [0.05, 0.1) is 12.5 Å². The van der Waals surface area contributed by atoms with Gasteiger partial charge in [-0.25, -0.2) is 0 Å². The SMILES string of the molecule is CC1CCN(C(=O)Cc2ccccn2)CC1O. The number of β-amino-alcohol motifs (C(OH)–C–C–N with tert-alkyl or cyclic N) is 1. The number of nitrogens with zero attached hydrogens (tertiary/aromatic N) is 2. The molecule has 4 heteroatoms. The number of rotatable bonds is 2. The molecule has 0 bridgehead atoms. The van der Waals surface area contributed by atoms with E-state index >= 15 is 0 Å². The molecule has 92 valence electrons. The number of likely N-dealkylation sites (tertiary alicyclic amines) is 1. The van der Waals surface area contributed by atoms with E-state index in [1.54, 1.807) is 11.1 Å². The van der Waals surface area contributed by atoms with Crippen molar-refractivity contribution in [2.75, 3.05) is 13.1 Å². The summed E-state index contributed by atoms with van der Waals surface area (Å²) in [5, 5.41) is 9.75. The van der Waals surface area contributed by atoms with E-state index in [1.807, 2.05) is 25.1 Å². The number of carbonyl (C=O) groups is 1. The van der Waals surface area contributed by atoms with Crippen molar-refractivity contribution >= 4 is 5.91 Å². The third-order valence-corrected chi connectivity index (χ3v) is 3.33. The van der Waals surface area contributed by atoms with Crippen LogP contribution in [0.4, 0.5) is 0 Å². The van der Waals surface area contributed by atoms with Crippen molar-refractivity contribution in [3.05, 3.63) is 30.1 Å². The Labute approximate surface area is 101 Å². The minimum absolute atomic E-state index is 0.0506. The van der Waals surface area contributed by atoms with Gasteiger partial charge < -0.3 is 10.0 Å². The van der Waals surface area contributed by atoms with E-state index in [2.05, 4.69) is 4.98 Å². The van der Waals surface area contributed by atoms with Crippen LogP contribution in [-0.4, -0.2) is 40.1 Å². The van der Waals surface area contributed by atoms with E-state index in [0.29, 0.717) is 13.0 Å². The topological polar surface area (TPSA) is 53.4 Å². The fourth-order valence-corrected chi connectivity index (χ4v) is 2.04. The molecule has 0 spiro atoms. The number of aliphatic hydroxyl groups is 1. The van der Waals surface area contributed by atoms with E-state index in [0.717, 1.165) is 18.7 Å². The maximum absolute atomic E-state index is 12.0. The Bertz CT molecular complexity index is 380. The van der Waals surface area contributed by atoms with Crippen LogP contribution in [-0.2, 0) is 11.2 Å². The summed E-state index contributed by atoms with van der Waals surface area (Å²) >= 11 is 0. The number of amides is 1. The Morgan fingerprint density at radius 1 is 1.59 bits per heavy atom. The lowest BCUT2D eigenvalue weighted by Crippen LogP contribution is -2.46. The van der Waals surface area contributed by atoms with Crippen LogP contribution in [0.1, 0.15) is 19.0 Å². The number of aromatic nitrogens is 1. The molecule has 0 aromatic carbocycles. The maximum Gasteiger partial charge on any atom is 0.228 e. The summed E-state index contributed by atoms with van der Waals surface area (Å²) in [6, 6.07) is 5.56. The zero-order valence-electron chi connectivity index (χ0n) is 10.0. The van der Waals surface area contributed by atoms with E-state index in [9.17, 15) is 9.90 Å². The molecule has 2 atom stereocenters. The highest BCUT2D eigenvalue weighted by atomic mass is 16.3. The van der Waals surface area contributed by atoms with Gasteiger partial charge in [-0.05, 0) is 24.5 Å². The number of hydrogen-bond acceptors (Lipinski definition) is 3. The molecule has 1 aliphatic rings. The molecule has 1 fully saturated rings. The first-order valence-corrected chi connectivity index (χ1v) is 6.02. The molecular weight excluding hydrogens is 216 g/mol. The van der Waals surface area contributed by atoms with E-state index in [-0.39, 0.29) is 11.8 Å². The van der Waals surface area contributed by atoms with E-state index < -0.39 is 6.10 Å². The summed E-state index contributed by atoms with van der Waals surface area (Å²) in [6.45, 7) is 3.21. The van der Waals surface area contributed by atoms with Crippen LogP contribution >= 0.6 is 0 Å². The lowest BCUT2D eigenvalue weighted by atomic mass is 9.96. The van der Waals surface area contributed by atoms with Crippen LogP contribution in [0.5, 0.6) is 0 Å². The fourth-order valence-electron chi connectivity index (χ4n) is 2.04. The highest BCUT2D eigenvalue weighted by Gasteiger charge is 2.27. The molecule has 4 nitrogen and oxygen atoms in total. The molecule has 17 heavy (non-hydrogen) atoms. The van der Waals surface area contributed by atoms with Crippen LogP contribution in [0.2, 0.25) is 0 Å². The van der Waals surface area contributed by atoms with Crippen molar-refractivity contribution in [3.63, 3.8) is 0 Å². The Morgan fingerprint density at radius 3 is 3.06 bits per heavy atom. The highest BCUT2D eigenvalue weighted by molar-refractivity contribution is 5.78. The molecular formula is C13H18N2O2. The molecule has 1 aliphatic heterocycles. The largest absolute Gasteiger partial charge is 0.391 e. The number of hydrogen-bond donors (Lipinski definition) is 1. The van der Waals surface area contributed by atoms with Crippen LogP contribution in [0.25, 0.3) is 0 Å². The third kappa shape index (κ3) is 3.03. The van der Waals surface area contributed by atoms with E-state index in [4.69, 9.17) is 0 Å².